The minimum absolute atomic E-state index is 0. The molecule has 1 aromatic carbocycles. The van der Waals surface area contributed by atoms with Gasteiger partial charge in [0.15, 0.2) is 0 Å². The average Bonchev–Trinajstić information content (AvgIpc) is 2.42. The molecular formula is C13H17ClFN3O2S. The van der Waals surface area contributed by atoms with Crippen LogP contribution in [0.5, 0.6) is 0 Å². The number of sulfonamides is 1. The van der Waals surface area contributed by atoms with Gasteiger partial charge in [-0.3, -0.25) is 0 Å². The third-order valence-electron chi connectivity index (χ3n) is 3.63. The number of hydrogen-bond donors (Lipinski definition) is 1. The number of nitriles is 1. The zero-order valence-corrected chi connectivity index (χ0v) is 13.1. The summed E-state index contributed by atoms with van der Waals surface area (Å²) in [4.78, 5) is -0.0573. The van der Waals surface area contributed by atoms with E-state index in [4.69, 9.17) is 11.0 Å². The molecule has 1 aliphatic heterocycles. The van der Waals surface area contributed by atoms with Gasteiger partial charge in [0.2, 0.25) is 10.0 Å². The summed E-state index contributed by atoms with van der Waals surface area (Å²) in [6.45, 7) is 2.58. The van der Waals surface area contributed by atoms with Crippen LogP contribution < -0.4 is 5.73 Å². The van der Waals surface area contributed by atoms with E-state index in [1.807, 2.05) is 6.92 Å². The maximum atomic E-state index is 13.3. The van der Waals surface area contributed by atoms with E-state index in [2.05, 4.69) is 0 Å². The molecule has 2 atom stereocenters. The zero-order valence-electron chi connectivity index (χ0n) is 11.5. The molecule has 2 N–H and O–H groups in total. The van der Waals surface area contributed by atoms with Crippen LogP contribution in [0.1, 0.15) is 18.9 Å². The van der Waals surface area contributed by atoms with Crippen LogP contribution >= 0.6 is 12.4 Å². The van der Waals surface area contributed by atoms with Gasteiger partial charge in [-0.1, -0.05) is 6.92 Å². The van der Waals surface area contributed by atoms with E-state index >= 15 is 0 Å². The van der Waals surface area contributed by atoms with Crippen molar-refractivity contribution >= 4 is 22.4 Å². The van der Waals surface area contributed by atoms with Crippen LogP contribution in [0.2, 0.25) is 0 Å². The topological polar surface area (TPSA) is 87.2 Å². The minimum atomic E-state index is -3.71. The van der Waals surface area contributed by atoms with Crippen LogP contribution in [0.15, 0.2) is 23.1 Å². The van der Waals surface area contributed by atoms with Crippen molar-refractivity contribution in [1.82, 2.24) is 4.31 Å². The van der Waals surface area contributed by atoms with Crippen molar-refractivity contribution < 1.29 is 12.8 Å². The fourth-order valence-corrected chi connectivity index (χ4v) is 3.83. The summed E-state index contributed by atoms with van der Waals surface area (Å²) >= 11 is 0. The molecule has 0 saturated carbocycles. The maximum absolute atomic E-state index is 13.3. The number of nitrogens with two attached hydrogens (primary N) is 1. The highest BCUT2D eigenvalue weighted by molar-refractivity contribution is 7.89. The van der Waals surface area contributed by atoms with Crippen molar-refractivity contribution in [2.24, 2.45) is 11.7 Å². The first-order valence-electron chi connectivity index (χ1n) is 6.31. The molecule has 1 aromatic rings. The normalized spacial score (nSPS) is 23.1. The highest BCUT2D eigenvalue weighted by Gasteiger charge is 2.32. The fraction of sp³-hybridized carbons (Fsp3) is 0.462. The van der Waals surface area contributed by atoms with Crippen LogP contribution in [0.4, 0.5) is 4.39 Å². The van der Waals surface area contributed by atoms with Crippen LogP contribution in [-0.2, 0) is 10.0 Å². The lowest BCUT2D eigenvalue weighted by molar-refractivity contribution is 0.250. The Morgan fingerprint density at radius 1 is 1.48 bits per heavy atom. The molecule has 5 nitrogen and oxygen atoms in total. The van der Waals surface area contributed by atoms with Gasteiger partial charge in [-0.15, -0.1) is 12.4 Å². The van der Waals surface area contributed by atoms with Gasteiger partial charge in [0.05, 0.1) is 10.5 Å². The smallest absolute Gasteiger partial charge is 0.243 e. The zero-order chi connectivity index (χ0) is 14.9. The van der Waals surface area contributed by atoms with Crippen LogP contribution in [-0.4, -0.2) is 31.9 Å². The molecule has 116 valence electrons. The molecule has 0 radical (unpaired) electrons. The fourth-order valence-electron chi connectivity index (χ4n) is 2.24. The Morgan fingerprint density at radius 3 is 2.71 bits per heavy atom. The summed E-state index contributed by atoms with van der Waals surface area (Å²) in [5.41, 5.74) is 5.60. The Kier molecular flexibility index (Phi) is 5.70. The van der Waals surface area contributed by atoms with Crippen molar-refractivity contribution in [2.45, 2.75) is 24.3 Å². The maximum Gasteiger partial charge on any atom is 0.243 e. The molecular weight excluding hydrogens is 317 g/mol. The first kappa shape index (κ1) is 17.9. The summed E-state index contributed by atoms with van der Waals surface area (Å²) < 4.78 is 39.6. The largest absolute Gasteiger partial charge is 0.327 e. The molecule has 2 rings (SSSR count). The van der Waals surface area contributed by atoms with E-state index in [0.29, 0.717) is 19.5 Å². The van der Waals surface area contributed by atoms with Crippen molar-refractivity contribution in [3.63, 3.8) is 0 Å². The van der Waals surface area contributed by atoms with Gasteiger partial charge in [-0.2, -0.15) is 9.57 Å². The number of rotatable bonds is 2. The van der Waals surface area contributed by atoms with Gasteiger partial charge in [0.25, 0.3) is 0 Å². The van der Waals surface area contributed by atoms with Gasteiger partial charge < -0.3 is 5.73 Å². The van der Waals surface area contributed by atoms with E-state index in [0.717, 1.165) is 12.1 Å². The monoisotopic (exact) mass is 333 g/mol. The quantitative estimate of drug-likeness (QED) is 0.888. The second-order valence-corrected chi connectivity index (χ2v) is 6.98. The molecule has 1 saturated heterocycles. The summed E-state index contributed by atoms with van der Waals surface area (Å²) in [6, 6.07) is 4.90. The second-order valence-electron chi connectivity index (χ2n) is 5.05. The Morgan fingerprint density at radius 2 is 2.14 bits per heavy atom. The van der Waals surface area contributed by atoms with E-state index in [1.165, 1.54) is 10.4 Å². The molecule has 21 heavy (non-hydrogen) atoms. The SMILES string of the molecule is CC1CN(S(=O)(=O)c2ccc(F)c(C#N)c2)CCC1N.Cl. The van der Waals surface area contributed by atoms with Gasteiger partial charge in [-0.25, -0.2) is 12.8 Å². The molecule has 1 fully saturated rings. The standard InChI is InChI=1S/C13H16FN3O2S.ClH/c1-9-8-17(5-4-13(9)16)20(18,19)11-2-3-12(14)10(6-11)7-15;/h2-3,6,9,13H,4-5,8,16H2,1H3;1H. The third-order valence-corrected chi connectivity index (χ3v) is 5.49. The molecule has 0 aliphatic carbocycles. The molecule has 2 unspecified atom stereocenters. The molecule has 0 bridgehead atoms. The van der Waals surface area contributed by atoms with E-state index < -0.39 is 15.8 Å². The van der Waals surface area contributed by atoms with Crippen LogP contribution in [0, 0.1) is 23.1 Å². The Bertz CT molecular complexity index is 660. The molecule has 1 heterocycles. The van der Waals surface area contributed by atoms with Crippen molar-refractivity contribution in [2.75, 3.05) is 13.1 Å². The predicted molar refractivity (Wildman–Crippen MR) is 78.9 cm³/mol. The molecule has 0 spiro atoms. The Labute approximate surface area is 130 Å². The lowest BCUT2D eigenvalue weighted by atomic mass is 9.96. The molecule has 0 amide bonds. The third kappa shape index (κ3) is 3.52. The van der Waals surface area contributed by atoms with Crippen LogP contribution in [0.25, 0.3) is 0 Å². The van der Waals surface area contributed by atoms with Crippen LogP contribution in [0.3, 0.4) is 0 Å². The predicted octanol–water partition coefficient (Wildman–Crippen LogP) is 1.48. The van der Waals surface area contributed by atoms with E-state index in [9.17, 15) is 12.8 Å². The summed E-state index contributed by atoms with van der Waals surface area (Å²) in [5, 5.41) is 8.78. The first-order valence-corrected chi connectivity index (χ1v) is 7.75. The average molecular weight is 334 g/mol. The summed E-state index contributed by atoms with van der Waals surface area (Å²) in [6.07, 6.45) is 0.590. The number of halogens is 2. The highest BCUT2D eigenvalue weighted by Crippen LogP contribution is 2.24. The molecule has 1 aliphatic rings. The highest BCUT2D eigenvalue weighted by atomic mass is 35.5. The second kappa shape index (κ2) is 6.71. The van der Waals surface area contributed by atoms with Gasteiger partial charge in [-0.05, 0) is 30.5 Å². The number of nitrogens with zero attached hydrogens (tertiary/aromatic N) is 2. The van der Waals surface area contributed by atoms with Crippen molar-refractivity contribution in [3.8, 4) is 6.07 Å². The first-order chi connectivity index (χ1) is 9.36. The number of piperidine rings is 1. The van der Waals surface area contributed by atoms with E-state index in [-0.39, 0.29) is 34.8 Å². The van der Waals surface area contributed by atoms with Gasteiger partial charge in [0, 0.05) is 19.1 Å². The minimum Gasteiger partial charge on any atom is -0.327 e. The van der Waals surface area contributed by atoms with Gasteiger partial charge in [0.1, 0.15) is 11.9 Å². The lowest BCUT2D eigenvalue weighted by Gasteiger charge is -2.34. The van der Waals surface area contributed by atoms with E-state index in [1.54, 1.807) is 6.07 Å². The van der Waals surface area contributed by atoms with Crippen molar-refractivity contribution in [1.29, 1.82) is 5.26 Å². The number of hydrogen-bond acceptors (Lipinski definition) is 4. The lowest BCUT2D eigenvalue weighted by Crippen LogP contribution is -2.48. The summed E-state index contributed by atoms with van der Waals surface area (Å²) in [7, 11) is -3.71. The Balaban J connectivity index is 0.00000220. The number of benzene rings is 1. The molecule has 8 heteroatoms. The summed E-state index contributed by atoms with van der Waals surface area (Å²) in [5.74, 6) is -0.658. The molecule has 0 aromatic heterocycles. The Hall–Kier alpha value is -1.20. The van der Waals surface area contributed by atoms with Crippen molar-refractivity contribution in [3.05, 3.63) is 29.6 Å². The van der Waals surface area contributed by atoms with Gasteiger partial charge >= 0.3 is 0 Å².